The molecule has 5 heteroatoms. The Morgan fingerprint density at radius 3 is 2.73 bits per heavy atom. The molecule has 0 saturated heterocycles. The maximum atomic E-state index is 11.8. The van der Waals surface area contributed by atoms with Gasteiger partial charge in [0.1, 0.15) is 12.7 Å². The van der Waals surface area contributed by atoms with E-state index < -0.39 is 13.0 Å². The first-order valence-electron chi connectivity index (χ1n) is 3.00. The number of halogens is 3. The van der Waals surface area contributed by atoms with E-state index in [1.54, 1.807) is 6.92 Å². The Hall–Kier alpha value is -0.640. The number of nitrogens with zero attached hydrogens (tertiary/aromatic N) is 2. The standard InChI is InChI=1S/C6H6ClF2N2/c1-4-5(7)2-10-11(4)3-6(8)9/h6H,3H2,1H3. The highest BCUT2D eigenvalue weighted by atomic mass is 35.5. The molecule has 1 aromatic heterocycles. The van der Waals surface area contributed by atoms with Crippen molar-refractivity contribution >= 4 is 11.6 Å². The lowest BCUT2D eigenvalue weighted by molar-refractivity contribution is 0.121. The van der Waals surface area contributed by atoms with Crippen LogP contribution in [0.2, 0.25) is 5.02 Å². The van der Waals surface area contributed by atoms with Crippen molar-refractivity contribution in [3.8, 4) is 0 Å². The van der Waals surface area contributed by atoms with Crippen molar-refractivity contribution in [1.29, 1.82) is 0 Å². The smallest absolute Gasteiger partial charge is 0.257 e. The van der Waals surface area contributed by atoms with Gasteiger partial charge in [-0.15, -0.1) is 0 Å². The molecule has 0 bridgehead atoms. The number of aromatic nitrogens is 2. The molecule has 0 atom stereocenters. The van der Waals surface area contributed by atoms with Gasteiger partial charge in [-0.05, 0) is 6.92 Å². The fraction of sp³-hybridized carbons (Fsp3) is 0.500. The van der Waals surface area contributed by atoms with Crippen LogP contribution in [0.1, 0.15) is 5.69 Å². The molecule has 1 aromatic rings. The van der Waals surface area contributed by atoms with Crippen LogP contribution in [0.4, 0.5) is 8.78 Å². The Bertz CT molecular complexity index is 247. The lowest BCUT2D eigenvalue weighted by Crippen LogP contribution is -2.09. The lowest BCUT2D eigenvalue weighted by Gasteiger charge is -2.01. The Kier molecular flexibility index (Phi) is 2.44. The van der Waals surface area contributed by atoms with Gasteiger partial charge < -0.3 is 0 Å². The van der Waals surface area contributed by atoms with Gasteiger partial charge in [0.25, 0.3) is 6.43 Å². The minimum Gasteiger partial charge on any atom is -0.262 e. The quantitative estimate of drug-likeness (QED) is 0.678. The molecular weight excluding hydrogens is 174 g/mol. The zero-order valence-electron chi connectivity index (χ0n) is 5.81. The summed E-state index contributed by atoms with van der Waals surface area (Å²) >= 11 is 5.53. The van der Waals surface area contributed by atoms with Gasteiger partial charge in [0.05, 0.1) is 10.7 Å². The van der Waals surface area contributed by atoms with E-state index in [9.17, 15) is 8.78 Å². The number of alkyl halides is 2. The first-order valence-corrected chi connectivity index (χ1v) is 3.38. The van der Waals surface area contributed by atoms with Gasteiger partial charge in [-0.2, -0.15) is 5.10 Å². The molecular formula is C6H6ClF2N2. The summed E-state index contributed by atoms with van der Waals surface area (Å²) in [6.45, 7) is 1.20. The van der Waals surface area contributed by atoms with Crippen LogP contribution in [0, 0.1) is 13.1 Å². The highest BCUT2D eigenvalue weighted by Gasteiger charge is 2.09. The highest BCUT2D eigenvalue weighted by Crippen LogP contribution is 2.13. The van der Waals surface area contributed by atoms with Crippen LogP contribution < -0.4 is 0 Å². The fourth-order valence-corrected chi connectivity index (χ4v) is 0.817. The Morgan fingerprint density at radius 1 is 1.73 bits per heavy atom. The summed E-state index contributed by atoms with van der Waals surface area (Å²) in [5.74, 6) is 0. The number of rotatable bonds is 2. The van der Waals surface area contributed by atoms with Crippen LogP contribution in [-0.2, 0) is 6.54 Å². The number of hydrogen-bond acceptors (Lipinski definition) is 1. The zero-order valence-corrected chi connectivity index (χ0v) is 6.57. The van der Waals surface area contributed by atoms with Crippen molar-refractivity contribution in [2.45, 2.75) is 19.9 Å². The second-order valence-electron chi connectivity index (χ2n) is 2.08. The summed E-state index contributed by atoms with van der Waals surface area (Å²) in [6.07, 6.45) is -0.0172. The molecule has 0 spiro atoms. The van der Waals surface area contributed by atoms with E-state index in [0.29, 0.717) is 10.7 Å². The maximum absolute atomic E-state index is 11.8. The monoisotopic (exact) mass is 179 g/mol. The second-order valence-corrected chi connectivity index (χ2v) is 2.46. The minimum absolute atomic E-state index is 0.297. The van der Waals surface area contributed by atoms with Gasteiger partial charge in [0.15, 0.2) is 0 Å². The molecule has 0 saturated carbocycles. The Balaban J connectivity index is 2.79. The SMILES string of the molecule is Cc1c(Cl)[c]nn1CC(F)F. The topological polar surface area (TPSA) is 17.8 Å². The first-order chi connectivity index (χ1) is 5.11. The molecule has 0 aromatic carbocycles. The maximum Gasteiger partial charge on any atom is 0.257 e. The van der Waals surface area contributed by atoms with E-state index in [1.807, 2.05) is 0 Å². The summed E-state index contributed by atoms with van der Waals surface area (Å²) in [7, 11) is 0. The Labute approximate surface area is 67.8 Å². The molecule has 0 unspecified atom stereocenters. The second kappa shape index (κ2) is 3.17. The van der Waals surface area contributed by atoms with Crippen LogP contribution in [0.25, 0.3) is 0 Å². The predicted molar refractivity (Wildman–Crippen MR) is 36.8 cm³/mol. The molecule has 0 aliphatic carbocycles. The molecule has 61 valence electrons. The minimum atomic E-state index is -2.40. The highest BCUT2D eigenvalue weighted by molar-refractivity contribution is 6.30. The van der Waals surface area contributed by atoms with Crippen molar-refractivity contribution in [1.82, 2.24) is 9.78 Å². The van der Waals surface area contributed by atoms with E-state index >= 15 is 0 Å². The van der Waals surface area contributed by atoms with E-state index in [-0.39, 0.29) is 0 Å². The average molecular weight is 180 g/mol. The molecule has 1 radical (unpaired) electrons. The Morgan fingerprint density at radius 2 is 2.36 bits per heavy atom. The van der Waals surface area contributed by atoms with E-state index in [2.05, 4.69) is 11.3 Å². The molecule has 0 fully saturated rings. The average Bonchev–Trinajstić information content (AvgIpc) is 2.18. The van der Waals surface area contributed by atoms with Crippen LogP contribution >= 0.6 is 11.6 Å². The van der Waals surface area contributed by atoms with Crippen molar-refractivity contribution in [3.05, 3.63) is 16.9 Å². The molecule has 11 heavy (non-hydrogen) atoms. The van der Waals surface area contributed by atoms with Gasteiger partial charge in [0.2, 0.25) is 0 Å². The van der Waals surface area contributed by atoms with Crippen molar-refractivity contribution in [2.24, 2.45) is 0 Å². The van der Waals surface area contributed by atoms with Crippen molar-refractivity contribution in [3.63, 3.8) is 0 Å². The van der Waals surface area contributed by atoms with Gasteiger partial charge >= 0.3 is 0 Å². The van der Waals surface area contributed by atoms with E-state index in [0.717, 1.165) is 4.68 Å². The van der Waals surface area contributed by atoms with Crippen LogP contribution in [0.3, 0.4) is 0 Å². The third-order valence-electron chi connectivity index (χ3n) is 1.28. The van der Waals surface area contributed by atoms with Crippen LogP contribution in [0.5, 0.6) is 0 Å². The molecule has 0 amide bonds. The van der Waals surface area contributed by atoms with Crippen LogP contribution in [-0.4, -0.2) is 16.2 Å². The summed E-state index contributed by atoms with van der Waals surface area (Å²) in [6, 6.07) is 0. The summed E-state index contributed by atoms with van der Waals surface area (Å²) < 4.78 is 24.7. The third kappa shape index (κ3) is 1.89. The fourth-order valence-electron chi connectivity index (χ4n) is 0.682. The largest absolute Gasteiger partial charge is 0.262 e. The summed E-state index contributed by atoms with van der Waals surface area (Å²) in [4.78, 5) is 0. The first kappa shape index (κ1) is 8.46. The normalized spacial score (nSPS) is 11.0. The van der Waals surface area contributed by atoms with Crippen molar-refractivity contribution in [2.75, 3.05) is 0 Å². The van der Waals surface area contributed by atoms with Gasteiger partial charge in [-0.25, -0.2) is 8.78 Å². The van der Waals surface area contributed by atoms with E-state index in [4.69, 9.17) is 11.6 Å². The van der Waals surface area contributed by atoms with Crippen molar-refractivity contribution < 1.29 is 8.78 Å². The lowest BCUT2D eigenvalue weighted by atomic mass is 10.5. The molecule has 0 aliphatic rings. The molecule has 0 N–H and O–H groups in total. The van der Waals surface area contributed by atoms with Gasteiger partial charge in [-0.1, -0.05) is 11.6 Å². The van der Waals surface area contributed by atoms with Gasteiger partial charge in [-0.3, -0.25) is 4.68 Å². The molecule has 2 nitrogen and oxygen atoms in total. The third-order valence-corrected chi connectivity index (χ3v) is 1.64. The molecule has 0 aliphatic heterocycles. The van der Waals surface area contributed by atoms with E-state index in [1.165, 1.54) is 0 Å². The summed E-state index contributed by atoms with van der Waals surface area (Å²) in [5.41, 5.74) is 0.520. The van der Waals surface area contributed by atoms with Gasteiger partial charge in [0, 0.05) is 0 Å². The number of hydrogen-bond donors (Lipinski definition) is 0. The summed E-state index contributed by atoms with van der Waals surface area (Å²) in [5, 5.41) is 3.83. The van der Waals surface area contributed by atoms with Crippen LogP contribution in [0.15, 0.2) is 0 Å². The molecule has 1 rings (SSSR count). The predicted octanol–water partition coefficient (Wildman–Crippen LogP) is 1.91. The molecule has 1 heterocycles. The zero-order chi connectivity index (χ0) is 8.43.